The second-order valence-electron chi connectivity index (χ2n) is 6.16. The standard InChI is InChI=1S/C17H26N2OS/c1-4-18-17(2,3)16(20)19-13-9-11-15(12-10-13)21-14-7-5-6-8-14/h9-12,14,18H,4-8H2,1-3H3,(H,19,20). The molecule has 4 heteroatoms. The highest BCUT2D eigenvalue weighted by Crippen LogP contribution is 2.34. The summed E-state index contributed by atoms with van der Waals surface area (Å²) in [5.41, 5.74) is 0.313. The van der Waals surface area contributed by atoms with E-state index in [-0.39, 0.29) is 5.91 Å². The number of carbonyl (C=O) groups is 1. The SMILES string of the molecule is CCNC(C)(C)C(=O)Nc1ccc(SC2CCCC2)cc1. The van der Waals surface area contributed by atoms with E-state index in [9.17, 15) is 4.79 Å². The number of carbonyl (C=O) groups excluding carboxylic acids is 1. The maximum absolute atomic E-state index is 12.2. The molecule has 116 valence electrons. The van der Waals surface area contributed by atoms with Gasteiger partial charge < -0.3 is 10.6 Å². The number of hydrogen-bond acceptors (Lipinski definition) is 3. The minimum Gasteiger partial charge on any atom is -0.325 e. The maximum Gasteiger partial charge on any atom is 0.244 e. The maximum atomic E-state index is 12.2. The van der Waals surface area contributed by atoms with E-state index < -0.39 is 5.54 Å². The lowest BCUT2D eigenvalue weighted by Gasteiger charge is -2.24. The Morgan fingerprint density at radius 1 is 1.24 bits per heavy atom. The Morgan fingerprint density at radius 2 is 1.86 bits per heavy atom. The van der Waals surface area contributed by atoms with Crippen molar-refractivity contribution in [2.24, 2.45) is 0 Å². The Kier molecular flexibility index (Phi) is 5.71. The van der Waals surface area contributed by atoms with Gasteiger partial charge >= 0.3 is 0 Å². The fourth-order valence-electron chi connectivity index (χ4n) is 2.63. The van der Waals surface area contributed by atoms with E-state index in [1.807, 2.05) is 44.7 Å². The van der Waals surface area contributed by atoms with Crippen LogP contribution in [0.25, 0.3) is 0 Å². The molecule has 0 bridgehead atoms. The van der Waals surface area contributed by atoms with E-state index in [0.29, 0.717) is 0 Å². The van der Waals surface area contributed by atoms with Crippen molar-refractivity contribution in [3.8, 4) is 0 Å². The summed E-state index contributed by atoms with van der Waals surface area (Å²) in [7, 11) is 0. The van der Waals surface area contributed by atoms with Crippen molar-refractivity contribution >= 4 is 23.4 Å². The van der Waals surface area contributed by atoms with Crippen molar-refractivity contribution in [3.05, 3.63) is 24.3 Å². The number of benzene rings is 1. The Morgan fingerprint density at radius 3 is 2.43 bits per heavy atom. The molecule has 0 aliphatic heterocycles. The van der Waals surface area contributed by atoms with Gasteiger partial charge in [0.15, 0.2) is 0 Å². The van der Waals surface area contributed by atoms with Crippen LogP contribution < -0.4 is 10.6 Å². The highest BCUT2D eigenvalue weighted by molar-refractivity contribution is 8.00. The highest BCUT2D eigenvalue weighted by atomic mass is 32.2. The zero-order valence-corrected chi connectivity index (χ0v) is 14.1. The molecule has 3 nitrogen and oxygen atoms in total. The predicted molar refractivity (Wildman–Crippen MR) is 90.9 cm³/mol. The number of thioether (sulfide) groups is 1. The molecule has 1 aromatic rings. The summed E-state index contributed by atoms with van der Waals surface area (Å²) in [5, 5.41) is 6.94. The Hall–Kier alpha value is -1.00. The van der Waals surface area contributed by atoms with Gasteiger partial charge in [-0.25, -0.2) is 0 Å². The number of anilines is 1. The molecule has 2 rings (SSSR count). The first-order valence-electron chi connectivity index (χ1n) is 7.84. The third kappa shape index (κ3) is 4.75. The lowest BCUT2D eigenvalue weighted by atomic mass is 10.0. The molecule has 0 atom stereocenters. The molecule has 21 heavy (non-hydrogen) atoms. The third-order valence-electron chi connectivity index (χ3n) is 3.90. The summed E-state index contributed by atoms with van der Waals surface area (Å²) in [6.07, 6.45) is 5.40. The summed E-state index contributed by atoms with van der Waals surface area (Å²) in [4.78, 5) is 13.5. The van der Waals surface area contributed by atoms with E-state index in [4.69, 9.17) is 0 Å². The van der Waals surface area contributed by atoms with Crippen LogP contribution >= 0.6 is 11.8 Å². The smallest absolute Gasteiger partial charge is 0.244 e. The van der Waals surface area contributed by atoms with Crippen LogP contribution in [0, 0.1) is 0 Å². The fraction of sp³-hybridized carbons (Fsp3) is 0.588. The average Bonchev–Trinajstić information content (AvgIpc) is 2.94. The lowest BCUT2D eigenvalue weighted by molar-refractivity contribution is -0.121. The molecule has 1 aromatic carbocycles. The monoisotopic (exact) mass is 306 g/mol. The van der Waals surface area contributed by atoms with Crippen LogP contribution in [-0.2, 0) is 4.79 Å². The first-order valence-corrected chi connectivity index (χ1v) is 8.72. The molecule has 1 aliphatic carbocycles. The third-order valence-corrected chi connectivity index (χ3v) is 5.25. The predicted octanol–water partition coefficient (Wildman–Crippen LogP) is 4.05. The normalized spacial score (nSPS) is 16.1. The molecule has 0 spiro atoms. The van der Waals surface area contributed by atoms with Crippen molar-refractivity contribution in [1.82, 2.24) is 5.32 Å². The number of likely N-dealkylation sites (N-methyl/N-ethyl adjacent to an activating group) is 1. The highest BCUT2D eigenvalue weighted by Gasteiger charge is 2.26. The van der Waals surface area contributed by atoms with Crippen LogP contribution in [0.5, 0.6) is 0 Å². The van der Waals surface area contributed by atoms with Crippen molar-refractivity contribution in [1.29, 1.82) is 0 Å². The van der Waals surface area contributed by atoms with Crippen molar-refractivity contribution in [2.75, 3.05) is 11.9 Å². The van der Waals surface area contributed by atoms with Gasteiger partial charge in [0, 0.05) is 15.8 Å². The Labute approximate surface area is 132 Å². The summed E-state index contributed by atoms with van der Waals surface area (Å²) in [6.45, 7) is 6.58. The largest absolute Gasteiger partial charge is 0.325 e. The molecule has 0 saturated heterocycles. The van der Waals surface area contributed by atoms with Crippen molar-refractivity contribution < 1.29 is 4.79 Å². The molecular formula is C17H26N2OS. The number of hydrogen-bond donors (Lipinski definition) is 2. The molecule has 0 radical (unpaired) electrons. The van der Waals surface area contributed by atoms with Crippen LogP contribution in [0.3, 0.4) is 0 Å². The van der Waals surface area contributed by atoms with Gasteiger partial charge in [-0.1, -0.05) is 19.8 Å². The van der Waals surface area contributed by atoms with E-state index in [1.54, 1.807) is 0 Å². The molecule has 1 aliphatic rings. The molecule has 1 saturated carbocycles. The molecule has 2 N–H and O–H groups in total. The van der Waals surface area contributed by atoms with Gasteiger partial charge in [-0.15, -0.1) is 11.8 Å². The van der Waals surface area contributed by atoms with Gasteiger partial charge in [0.1, 0.15) is 0 Å². The van der Waals surface area contributed by atoms with E-state index in [0.717, 1.165) is 17.5 Å². The first kappa shape index (κ1) is 16.4. The average molecular weight is 306 g/mol. The molecule has 1 amide bonds. The minimum atomic E-state index is -0.550. The van der Waals surface area contributed by atoms with Crippen LogP contribution in [-0.4, -0.2) is 23.2 Å². The number of rotatable bonds is 6. The van der Waals surface area contributed by atoms with Gasteiger partial charge in [-0.05, 0) is 57.5 Å². The summed E-state index contributed by atoms with van der Waals surface area (Å²) in [5.74, 6) is 0.000506. The molecule has 0 heterocycles. The van der Waals surface area contributed by atoms with Crippen molar-refractivity contribution in [3.63, 3.8) is 0 Å². The van der Waals surface area contributed by atoms with Gasteiger partial charge in [-0.2, -0.15) is 0 Å². The van der Waals surface area contributed by atoms with Gasteiger partial charge in [0.2, 0.25) is 5.91 Å². The zero-order valence-electron chi connectivity index (χ0n) is 13.2. The first-order chi connectivity index (χ1) is 10.0. The summed E-state index contributed by atoms with van der Waals surface area (Å²) >= 11 is 1.97. The van der Waals surface area contributed by atoms with Crippen LogP contribution in [0.4, 0.5) is 5.69 Å². The second kappa shape index (κ2) is 7.32. The number of amides is 1. The van der Waals surface area contributed by atoms with Crippen molar-refractivity contribution in [2.45, 2.75) is 62.1 Å². The fourth-order valence-corrected chi connectivity index (χ4v) is 3.87. The van der Waals surface area contributed by atoms with Gasteiger partial charge in [0.25, 0.3) is 0 Å². The second-order valence-corrected chi connectivity index (χ2v) is 7.53. The van der Waals surface area contributed by atoms with E-state index in [2.05, 4.69) is 22.8 Å². The van der Waals surface area contributed by atoms with Crippen LogP contribution in [0.2, 0.25) is 0 Å². The van der Waals surface area contributed by atoms with E-state index >= 15 is 0 Å². The molecule has 1 fully saturated rings. The van der Waals surface area contributed by atoms with Crippen LogP contribution in [0.1, 0.15) is 46.5 Å². The summed E-state index contributed by atoms with van der Waals surface area (Å²) < 4.78 is 0. The Bertz CT molecular complexity index is 464. The molecule has 0 aromatic heterocycles. The van der Waals surface area contributed by atoms with Gasteiger partial charge in [-0.3, -0.25) is 4.79 Å². The minimum absolute atomic E-state index is 0.000506. The molecule has 0 unspecified atom stereocenters. The Balaban J connectivity index is 1.91. The lowest BCUT2D eigenvalue weighted by Crippen LogP contribution is -2.49. The zero-order chi connectivity index (χ0) is 15.3. The van der Waals surface area contributed by atoms with Crippen LogP contribution in [0.15, 0.2) is 29.2 Å². The van der Waals surface area contributed by atoms with Gasteiger partial charge in [0.05, 0.1) is 5.54 Å². The summed E-state index contributed by atoms with van der Waals surface area (Å²) in [6, 6.07) is 8.21. The molecular weight excluding hydrogens is 280 g/mol. The topological polar surface area (TPSA) is 41.1 Å². The number of nitrogens with one attached hydrogen (secondary N) is 2. The van der Waals surface area contributed by atoms with E-state index in [1.165, 1.54) is 30.6 Å². The quantitative estimate of drug-likeness (QED) is 0.833.